The Morgan fingerprint density at radius 3 is 1.61 bits per heavy atom. The highest BCUT2D eigenvalue weighted by Gasteiger charge is 2.10. The number of phenolic OH excluding ortho intramolecular Hbond substituents is 1. The first-order valence-electron chi connectivity index (χ1n) is 10.9. The molecule has 3 heteroatoms. The maximum absolute atomic E-state index is 10.1. The van der Waals surface area contributed by atoms with Crippen LogP contribution >= 0.6 is 0 Å². The maximum Gasteiger partial charge on any atom is 0.116 e. The smallest absolute Gasteiger partial charge is 0.116 e. The largest absolute Gasteiger partial charge is 0.508 e. The Kier molecular flexibility index (Phi) is 5.77. The quantitative estimate of drug-likeness (QED) is 0.255. The van der Waals surface area contributed by atoms with Gasteiger partial charge in [0, 0.05) is 22.7 Å². The lowest BCUT2D eigenvalue weighted by atomic mass is 9.93. The minimum Gasteiger partial charge on any atom is -0.508 e. The zero-order valence-electron chi connectivity index (χ0n) is 18.1. The molecule has 0 saturated heterocycles. The van der Waals surface area contributed by atoms with E-state index in [9.17, 15) is 5.11 Å². The number of aromatic hydroxyl groups is 1. The second kappa shape index (κ2) is 9.33. The van der Waals surface area contributed by atoms with Crippen LogP contribution in [0, 0.1) is 0 Å². The first kappa shape index (κ1) is 20.4. The van der Waals surface area contributed by atoms with Crippen LogP contribution in [0.4, 0.5) is 22.7 Å². The van der Waals surface area contributed by atoms with E-state index in [4.69, 9.17) is 0 Å². The van der Waals surface area contributed by atoms with Gasteiger partial charge in [0.1, 0.15) is 5.75 Å². The third-order valence-corrected chi connectivity index (χ3v) is 5.50. The fraction of sp³-hybridized carbons (Fsp3) is 0. The molecule has 0 spiro atoms. The van der Waals surface area contributed by atoms with Crippen molar-refractivity contribution < 1.29 is 5.11 Å². The zero-order chi connectivity index (χ0) is 22.5. The van der Waals surface area contributed by atoms with Crippen molar-refractivity contribution in [1.82, 2.24) is 0 Å². The van der Waals surface area contributed by atoms with Crippen LogP contribution in [0.2, 0.25) is 0 Å². The van der Waals surface area contributed by atoms with Crippen LogP contribution in [-0.2, 0) is 0 Å². The van der Waals surface area contributed by atoms with Gasteiger partial charge >= 0.3 is 0 Å². The number of nitrogens with one attached hydrogen (secondary N) is 2. The number of para-hydroxylation sites is 2. The molecule has 5 aromatic carbocycles. The highest BCUT2D eigenvalue weighted by molar-refractivity contribution is 5.87. The Morgan fingerprint density at radius 1 is 0.394 bits per heavy atom. The van der Waals surface area contributed by atoms with Crippen LogP contribution in [0.3, 0.4) is 0 Å². The van der Waals surface area contributed by atoms with E-state index in [1.807, 2.05) is 72.8 Å². The van der Waals surface area contributed by atoms with Crippen LogP contribution in [0.1, 0.15) is 0 Å². The Labute approximate surface area is 194 Å². The number of hydrogen-bond acceptors (Lipinski definition) is 3. The van der Waals surface area contributed by atoms with Gasteiger partial charge in [-0.05, 0) is 82.9 Å². The molecule has 0 radical (unpaired) electrons. The molecule has 0 aromatic heterocycles. The Morgan fingerprint density at radius 2 is 0.970 bits per heavy atom. The summed E-state index contributed by atoms with van der Waals surface area (Å²) in [6.07, 6.45) is 0. The van der Waals surface area contributed by atoms with E-state index in [1.54, 1.807) is 12.1 Å². The van der Waals surface area contributed by atoms with Gasteiger partial charge in [0.2, 0.25) is 0 Å². The average Bonchev–Trinajstić information content (AvgIpc) is 2.86. The summed E-state index contributed by atoms with van der Waals surface area (Å²) in [4.78, 5) is 0. The Hall–Kier alpha value is -4.50. The van der Waals surface area contributed by atoms with Gasteiger partial charge in [-0.1, -0.05) is 66.7 Å². The van der Waals surface area contributed by atoms with Crippen molar-refractivity contribution in [2.24, 2.45) is 0 Å². The average molecular weight is 429 g/mol. The lowest BCUT2D eigenvalue weighted by molar-refractivity contribution is 0.475. The van der Waals surface area contributed by atoms with Gasteiger partial charge in [0.15, 0.2) is 0 Å². The summed E-state index contributed by atoms with van der Waals surface area (Å²) in [6.45, 7) is 0. The Balaban J connectivity index is 1.50. The van der Waals surface area contributed by atoms with Crippen LogP contribution in [0.25, 0.3) is 22.3 Å². The van der Waals surface area contributed by atoms with E-state index in [0.29, 0.717) is 0 Å². The molecule has 0 aliphatic heterocycles. The van der Waals surface area contributed by atoms with Crippen molar-refractivity contribution in [2.45, 2.75) is 0 Å². The van der Waals surface area contributed by atoms with E-state index in [2.05, 4.69) is 53.1 Å². The molecule has 0 saturated carbocycles. The number of phenols is 1. The molecule has 0 unspecified atom stereocenters. The van der Waals surface area contributed by atoms with Gasteiger partial charge < -0.3 is 15.7 Å². The molecule has 3 N–H and O–H groups in total. The molecule has 0 aliphatic carbocycles. The molecule has 33 heavy (non-hydrogen) atoms. The molecule has 0 heterocycles. The first-order valence-corrected chi connectivity index (χ1v) is 10.9. The second-order valence-corrected chi connectivity index (χ2v) is 7.87. The van der Waals surface area contributed by atoms with E-state index >= 15 is 0 Å². The highest BCUT2D eigenvalue weighted by Crippen LogP contribution is 2.36. The third-order valence-electron chi connectivity index (χ3n) is 5.50. The van der Waals surface area contributed by atoms with Gasteiger partial charge in [-0.25, -0.2) is 0 Å². The maximum atomic E-state index is 10.1. The summed E-state index contributed by atoms with van der Waals surface area (Å²) in [6, 6.07) is 42.4. The van der Waals surface area contributed by atoms with Gasteiger partial charge in [-0.15, -0.1) is 0 Å². The third kappa shape index (κ3) is 4.89. The van der Waals surface area contributed by atoms with E-state index in [0.717, 1.165) is 45.0 Å². The molecule has 0 aliphatic rings. The van der Waals surface area contributed by atoms with Crippen molar-refractivity contribution in [2.75, 3.05) is 10.6 Å². The van der Waals surface area contributed by atoms with Crippen LogP contribution in [0.5, 0.6) is 5.75 Å². The van der Waals surface area contributed by atoms with Gasteiger partial charge in [-0.3, -0.25) is 0 Å². The van der Waals surface area contributed by atoms with Crippen LogP contribution < -0.4 is 10.6 Å². The molecule has 0 bridgehead atoms. The molecule has 0 fully saturated rings. The Bertz CT molecular complexity index is 1350. The minimum atomic E-state index is 0.252. The van der Waals surface area contributed by atoms with Crippen LogP contribution in [-0.4, -0.2) is 5.11 Å². The van der Waals surface area contributed by atoms with Gasteiger partial charge in [-0.2, -0.15) is 0 Å². The standard InChI is InChI=1S/C30H24N2O/c33-28-13-7-8-23(20-28)30-21-27(32-25-11-5-2-6-12-25)18-19-29(30)22-14-16-26(17-15-22)31-24-9-3-1-4-10-24/h1-21,31-33H. The van der Waals surface area contributed by atoms with Gasteiger partial charge in [0.25, 0.3) is 0 Å². The molecular weight excluding hydrogens is 404 g/mol. The van der Waals surface area contributed by atoms with Crippen LogP contribution in [0.15, 0.2) is 127 Å². The zero-order valence-corrected chi connectivity index (χ0v) is 18.1. The van der Waals surface area contributed by atoms with Gasteiger partial charge in [0.05, 0.1) is 0 Å². The van der Waals surface area contributed by atoms with E-state index in [1.165, 1.54) is 0 Å². The summed E-state index contributed by atoms with van der Waals surface area (Å²) in [5, 5.41) is 17.0. The molecule has 0 atom stereocenters. The predicted octanol–water partition coefficient (Wildman–Crippen LogP) is 8.21. The van der Waals surface area contributed by atoms with E-state index in [-0.39, 0.29) is 5.75 Å². The van der Waals surface area contributed by atoms with Crippen molar-refractivity contribution in [1.29, 1.82) is 0 Å². The van der Waals surface area contributed by atoms with E-state index < -0.39 is 0 Å². The van der Waals surface area contributed by atoms with Crippen molar-refractivity contribution in [3.8, 4) is 28.0 Å². The predicted molar refractivity (Wildman–Crippen MR) is 138 cm³/mol. The topological polar surface area (TPSA) is 44.3 Å². The molecule has 5 aromatic rings. The second-order valence-electron chi connectivity index (χ2n) is 7.87. The first-order chi connectivity index (χ1) is 16.2. The number of hydrogen-bond donors (Lipinski definition) is 3. The summed E-state index contributed by atoms with van der Waals surface area (Å²) >= 11 is 0. The van der Waals surface area contributed by atoms with Crippen molar-refractivity contribution >= 4 is 22.7 Å². The molecule has 3 nitrogen and oxygen atoms in total. The fourth-order valence-electron chi connectivity index (χ4n) is 3.90. The molecular formula is C30H24N2O. The molecule has 160 valence electrons. The summed E-state index contributed by atoms with van der Waals surface area (Å²) in [7, 11) is 0. The SMILES string of the molecule is Oc1cccc(-c2cc(Nc3ccccc3)ccc2-c2ccc(Nc3ccccc3)cc2)c1. The number of rotatable bonds is 6. The highest BCUT2D eigenvalue weighted by atomic mass is 16.3. The lowest BCUT2D eigenvalue weighted by Gasteiger charge is -2.15. The molecule has 5 rings (SSSR count). The summed E-state index contributed by atoms with van der Waals surface area (Å²) in [5.74, 6) is 0.252. The summed E-state index contributed by atoms with van der Waals surface area (Å²) < 4.78 is 0. The van der Waals surface area contributed by atoms with Crippen molar-refractivity contribution in [3.05, 3.63) is 127 Å². The fourth-order valence-corrected chi connectivity index (χ4v) is 3.90. The number of benzene rings is 5. The molecule has 0 amide bonds. The summed E-state index contributed by atoms with van der Waals surface area (Å²) in [5.41, 5.74) is 8.34. The minimum absolute atomic E-state index is 0.252. The normalized spacial score (nSPS) is 10.5. The number of anilines is 4. The van der Waals surface area contributed by atoms with Crippen molar-refractivity contribution in [3.63, 3.8) is 0 Å². The monoisotopic (exact) mass is 428 g/mol. The lowest BCUT2D eigenvalue weighted by Crippen LogP contribution is -1.93.